The monoisotopic (exact) mass is 507 g/mol. The number of ether oxygens (including phenoxy) is 1. The summed E-state index contributed by atoms with van der Waals surface area (Å²) in [5, 5.41) is 0. The number of halogens is 3. The third-order valence-electron chi connectivity index (χ3n) is 4.93. The maximum atomic E-state index is 14.1. The van der Waals surface area contributed by atoms with Gasteiger partial charge in [-0.05, 0) is 45.7 Å². The Bertz CT molecular complexity index is 1110. The average Bonchev–Trinajstić information content (AvgIpc) is 2.63. The Kier molecular flexibility index (Phi) is 7.57. The molecule has 0 radical (unpaired) electrons. The second kappa shape index (κ2) is 9.41. The van der Waals surface area contributed by atoms with Gasteiger partial charge in [-0.25, -0.2) is 8.42 Å². The molecule has 1 amide bonds. The fourth-order valence-electron chi connectivity index (χ4n) is 3.58. The number of esters is 1. The highest BCUT2D eigenvalue weighted by atomic mass is 32.2. The minimum atomic E-state index is -5.05. The number of nitrogens with zero attached hydrogens (tertiary/aromatic N) is 2. The number of sulfone groups is 1. The van der Waals surface area contributed by atoms with Gasteiger partial charge in [-0.2, -0.15) is 18.2 Å². The molecule has 34 heavy (non-hydrogen) atoms. The quantitative estimate of drug-likeness (QED) is 0.309. The summed E-state index contributed by atoms with van der Waals surface area (Å²) in [6.45, 7) is 4.88. The van der Waals surface area contributed by atoms with Crippen molar-refractivity contribution in [2.24, 2.45) is 28.1 Å². The molecule has 10 nitrogen and oxygen atoms in total. The fraction of sp³-hybridized carbons (Fsp3) is 0.550. The lowest BCUT2D eigenvalue weighted by molar-refractivity contribution is -0.161. The maximum absolute atomic E-state index is 14.1. The van der Waals surface area contributed by atoms with Crippen molar-refractivity contribution < 1.29 is 35.9 Å². The van der Waals surface area contributed by atoms with E-state index in [1.54, 1.807) is 20.8 Å². The zero-order chi connectivity index (χ0) is 26.2. The van der Waals surface area contributed by atoms with Gasteiger partial charge in [-0.1, -0.05) is 0 Å². The molecule has 0 spiro atoms. The molecule has 1 heterocycles. The lowest BCUT2D eigenvalue weighted by Gasteiger charge is -2.40. The number of hydrogen-bond donors (Lipinski definition) is 3. The van der Waals surface area contributed by atoms with E-state index in [1.165, 1.54) is 0 Å². The Hall–Kier alpha value is -2.87. The van der Waals surface area contributed by atoms with E-state index in [9.17, 15) is 31.2 Å². The van der Waals surface area contributed by atoms with Gasteiger partial charge in [-0.3, -0.25) is 9.59 Å². The first-order chi connectivity index (χ1) is 15.3. The minimum absolute atomic E-state index is 0.0654. The molecule has 6 N–H and O–H groups in total. The smallest absolute Gasteiger partial charge is 0.418 e. The predicted octanol–water partition coefficient (Wildman–Crippen LogP) is 1.37. The van der Waals surface area contributed by atoms with Crippen LogP contribution in [-0.4, -0.2) is 50.8 Å². The average molecular weight is 508 g/mol. The molecule has 1 aliphatic rings. The number of carbonyl (C=O) groups excluding carboxylic acids is 2. The predicted molar refractivity (Wildman–Crippen MR) is 119 cm³/mol. The number of alkyl halides is 3. The number of aliphatic imine (C=N–C) groups is 1. The van der Waals surface area contributed by atoms with Crippen molar-refractivity contribution in [2.75, 3.05) is 17.7 Å². The molecule has 0 aromatic heterocycles. The van der Waals surface area contributed by atoms with Crippen LogP contribution in [0, 0.1) is 5.92 Å². The van der Waals surface area contributed by atoms with Gasteiger partial charge in [0, 0.05) is 18.4 Å². The third-order valence-corrected chi connectivity index (χ3v) is 6.04. The number of carbonyl (C=O) groups is 2. The molecule has 14 heteroatoms. The Morgan fingerprint density at radius 1 is 1.18 bits per heavy atom. The van der Waals surface area contributed by atoms with E-state index >= 15 is 0 Å². The Morgan fingerprint density at radius 2 is 1.76 bits per heavy atom. The summed E-state index contributed by atoms with van der Waals surface area (Å²) >= 11 is 0. The van der Waals surface area contributed by atoms with Crippen molar-refractivity contribution in [3.63, 3.8) is 0 Å². The van der Waals surface area contributed by atoms with Gasteiger partial charge in [0.2, 0.25) is 0 Å². The molecule has 1 fully saturated rings. The van der Waals surface area contributed by atoms with Crippen LogP contribution in [-0.2, 0) is 25.5 Å². The van der Waals surface area contributed by atoms with E-state index in [0.29, 0.717) is 12.3 Å². The molecule has 2 unspecified atom stereocenters. The number of piperidine rings is 1. The van der Waals surface area contributed by atoms with Crippen molar-refractivity contribution >= 4 is 33.4 Å². The van der Waals surface area contributed by atoms with E-state index in [1.807, 2.05) is 0 Å². The second-order valence-corrected chi connectivity index (χ2v) is 11.0. The number of rotatable bonds is 4. The third kappa shape index (κ3) is 6.59. The molecular formula is C20H28F3N5O5S. The zero-order valence-corrected chi connectivity index (χ0v) is 20.0. The van der Waals surface area contributed by atoms with Crippen molar-refractivity contribution in [3.8, 4) is 0 Å². The van der Waals surface area contributed by atoms with Gasteiger partial charge in [0.25, 0.3) is 5.91 Å². The van der Waals surface area contributed by atoms with E-state index in [0.717, 1.165) is 11.0 Å². The van der Waals surface area contributed by atoms with Crippen LogP contribution in [0.2, 0.25) is 0 Å². The Labute approximate surface area is 195 Å². The van der Waals surface area contributed by atoms with Crippen LogP contribution in [0.4, 0.5) is 18.9 Å². The molecule has 1 aromatic carbocycles. The lowest BCUT2D eigenvalue weighted by Crippen LogP contribution is -2.51. The summed E-state index contributed by atoms with van der Waals surface area (Å²) in [4.78, 5) is 28.1. The van der Waals surface area contributed by atoms with Gasteiger partial charge in [-0.15, -0.1) is 0 Å². The number of benzene rings is 1. The van der Waals surface area contributed by atoms with Crippen LogP contribution in [0.5, 0.6) is 0 Å². The SMILES string of the molecule is CC(C)(C)OC(=O)C1CCN(c2c(C(F)(F)F)cc(C(=O)N=C(N)N)cc2S(C)(=O)=O)C(N)C1. The Balaban J connectivity index is 2.61. The molecule has 0 bridgehead atoms. The topological polar surface area (TPSA) is 171 Å². The van der Waals surface area contributed by atoms with Crippen LogP contribution in [0.3, 0.4) is 0 Å². The Morgan fingerprint density at radius 3 is 2.21 bits per heavy atom. The molecule has 1 aromatic rings. The normalized spacial score (nSPS) is 19.5. The molecule has 1 aliphatic heterocycles. The highest BCUT2D eigenvalue weighted by Gasteiger charge is 2.42. The van der Waals surface area contributed by atoms with E-state index < -0.39 is 73.2 Å². The number of nitrogens with two attached hydrogens (primary N) is 3. The van der Waals surface area contributed by atoms with Gasteiger partial charge >= 0.3 is 12.1 Å². The molecule has 0 aliphatic carbocycles. The van der Waals surface area contributed by atoms with Crippen molar-refractivity contribution in [3.05, 3.63) is 23.3 Å². The van der Waals surface area contributed by atoms with Crippen LogP contribution in [0.1, 0.15) is 49.5 Å². The fourth-order valence-corrected chi connectivity index (χ4v) is 4.50. The van der Waals surface area contributed by atoms with Crippen molar-refractivity contribution in [1.82, 2.24) is 0 Å². The molecule has 0 saturated carbocycles. The number of amides is 1. The summed E-state index contributed by atoms with van der Waals surface area (Å²) in [5.41, 5.74) is 12.9. The molecular weight excluding hydrogens is 479 g/mol. The zero-order valence-electron chi connectivity index (χ0n) is 19.1. The largest absolute Gasteiger partial charge is 0.460 e. The van der Waals surface area contributed by atoms with Crippen molar-refractivity contribution in [2.45, 2.75) is 56.5 Å². The standard InChI is InChI=1S/C20H28F3N5O5S/c1-19(2,3)33-17(30)10-5-6-28(14(24)9-10)15-12(20(21,22)23)7-11(16(29)27-18(25)26)8-13(15)34(4,31)32/h7-8,10,14H,5-6,9,24H2,1-4H3,(H4,25,26,27,29). The summed E-state index contributed by atoms with van der Waals surface area (Å²) in [7, 11) is -4.28. The first-order valence-electron chi connectivity index (χ1n) is 10.2. The first-order valence-corrected chi connectivity index (χ1v) is 12.0. The van der Waals surface area contributed by atoms with Crippen LogP contribution < -0.4 is 22.1 Å². The van der Waals surface area contributed by atoms with Gasteiger partial charge in [0.15, 0.2) is 15.8 Å². The summed E-state index contributed by atoms with van der Waals surface area (Å²) in [5.74, 6) is -3.16. The van der Waals surface area contributed by atoms with Gasteiger partial charge in [0.05, 0.1) is 28.2 Å². The molecule has 190 valence electrons. The second-order valence-electron chi connectivity index (χ2n) is 9.00. The maximum Gasteiger partial charge on any atom is 0.418 e. The number of hydrogen-bond acceptors (Lipinski definition) is 7. The van der Waals surface area contributed by atoms with Crippen molar-refractivity contribution in [1.29, 1.82) is 0 Å². The number of guanidine groups is 1. The first kappa shape index (κ1) is 27.4. The minimum Gasteiger partial charge on any atom is -0.460 e. The van der Waals surface area contributed by atoms with E-state index in [-0.39, 0.29) is 19.4 Å². The number of anilines is 1. The van der Waals surface area contributed by atoms with Crippen LogP contribution >= 0.6 is 0 Å². The van der Waals surface area contributed by atoms with Gasteiger partial charge < -0.3 is 26.8 Å². The molecule has 1 saturated heterocycles. The highest BCUT2D eigenvalue weighted by Crippen LogP contribution is 2.43. The summed E-state index contributed by atoms with van der Waals surface area (Å²) in [6, 6.07) is 1.26. The highest BCUT2D eigenvalue weighted by molar-refractivity contribution is 7.90. The van der Waals surface area contributed by atoms with Gasteiger partial charge in [0.1, 0.15) is 5.60 Å². The van der Waals surface area contributed by atoms with E-state index in [4.69, 9.17) is 21.9 Å². The molecule has 2 rings (SSSR count). The van der Waals surface area contributed by atoms with E-state index in [2.05, 4.69) is 4.99 Å². The lowest BCUT2D eigenvalue weighted by atomic mass is 9.93. The van der Waals surface area contributed by atoms with Crippen LogP contribution in [0.25, 0.3) is 0 Å². The van der Waals surface area contributed by atoms with Crippen LogP contribution in [0.15, 0.2) is 22.0 Å². The summed E-state index contributed by atoms with van der Waals surface area (Å²) in [6.07, 6.45) is -5.46. The summed E-state index contributed by atoms with van der Waals surface area (Å²) < 4.78 is 72.5. The molecule has 2 atom stereocenters.